The van der Waals surface area contributed by atoms with E-state index in [9.17, 15) is 0 Å². The predicted molar refractivity (Wildman–Crippen MR) is 85.6 cm³/mol. The summed E-state index contributed by atoms with van der Waals surface area (Å²) in [5.41, 5.74) is 10.1. The zero-order chi connectivity index (χ0) is 14.5. The Labute approximate surface area is 126 Å². The van der Waals surface area contributed by atoms with Crippen LogP contribution in [0.1, 0.15) is 24.9 Å². The van der Waals surface area contributed by atoms with Crippen LogP contribution in [0.5, 0.6) is 0 Å². The lowest BCUT2D eigenvalue weighted by Gasteiger charge is -2.17. The molecule has 21 heavy (non-hydrogen) atoms. The van der Waals surface area contributed by atoms with Crippen molar-refractivity contribution in [3.05, 3.63) is 54.4 Å². The van der Waals surface area contributed by atoms with Gasteiger partial charge in [0.25, 0.3) is 0 Å². The molecule has 1 aromatic heterocycles. The van der Waals surface area contributed by atoms with Crippen molar-refractivity contribution in [1.29, 1.82) is 0 Å². The van der Waals surface area contributed by atoms with Gasteiger partial charge in [0.15, 0.2) is 0 Å². The van der Waals surface area contributed by atoms with E-state index in [0.717, 1.165) is 18.7 Å². The van der Waals surface area contributed by atoms with Gasteiger partial charge in [0.2, 0.25) is 0 Å². The second-order valence-corrected chi connectivity index (χ2v) is 5.55. The average molecular weight is 282 g/mol. The second-order valence-electron chi connectivity index (χ2n) is 5.55. The Morgan fingerprint density at radius 2 is 2.10 bits per heavy atom. The number of benzene rings is 1. The van der Waals surface area contributed by atoms with Crippen LogP contribution in [0, 0.1) is 0 Å². The van der Waals surface area contributed by atoms with Crippen LogP contribution in [0.25, 0.3) is 11.1 Å². The summed E-state index contributed by atoms with van der Waals surface area (Å²) >= 11 is 0. The first kappa shape index (κ1) is 14.2. The third kappa shape index (κ3) is 3.67. The van der Waals surface area contributed by atoms with Crippen LogP contribution in [0.15, 0.2) is 48.8 Å². The fourth-order valence-corrected chi connectivity index (χ4v) is 2.62. The Bertz CT molecular complexity index is 547. The fourth-order valence-electron chi connectivity index (χ4n) is 2.62. The summed E-state index contributed by atoms with van der Waals surface area (Å²) in [5.74, 6) is 0. The van der Waals surface area contributed by atoms with Crippen molar-refractivity contribution >= 4 is 0 Å². The molecule has 0 saturated carbocycles. The van der Waals surface area contributed by atoms with Crippen LogP contribution in [0.4, 0.5) is 0 Å². The van der Waals surface area contributed by atoms with Crippen molar-refractivity contribution in [3.8, 4) is 11.1 Å². The van der Waals surface area contributed by atoms with E-state index in [0.29, 0.717) is 12.1 Å². The van der Waals surface area contributed by atoms with E-state index in [1.807, 2.05) is 12.3 Å². The molecule has 0 bridgehead atoms. The standard InChI is InChI=1S/C17H22N4/c1-13(19-12-17-8-10-20-21-17)14-4-6-15(7-5-14)16-3-2-9-18-11-16/h2-7,9,11,13,17,19-21H,8,10,12H2,1H3. The van der Waals surface area contributed by atoms with Crippen LogP contribution in [-0.2, 0) is 0 Å². The number of aromatic nitrogens is 1. The van der Waals surface area contributed by atoms with Crippen LogP contribution in [0.2, 0.25) is 0 Å². The minimum Gasteiger partial charge on any atom is -0.309 e. The Balaban J connectivity index is 1.60. The number of nitrogens with one attached hydrogen (secondary N) is 3. The fraction of sp³-hybridized carbons (Fsp3) is 0.353. The van der Waals surface area contributed by atoms with Gasteiger partial charge < -0.3 is 5.32 Å². The molecular formula is C17H22N4. The Hall–Kier alpha value is -1.75. The van der Waals surface area contributed by atoms with Gasteiger partial charge in [0.05, 0.1) is 0 Å². The van der Waals surface area contributed by atoms with Crippen molar-refractivity contribution < 1.29 is 0 Å². The molecule has 0 amide bonds. The molecule has 3 rings (SSSR count). The van der Waals surface area contributed by atoms with Gasteiger partial charge in [-0.15, -0.1) is 0 Å². The molecule has 1 aromatic carbocycles. The molecule has 1 saturated heterocycles. The average Bonchev–Trinajstić information content (AvgIpc) is 3.07. The van der Waals surface area contributed by atoms with Crippen molar-refractivity contribution in [1.82, 2.24) is 21.2 Å². The summed E-state index contributed by atoms with van der Waals surface area (Å²) in [4.78, 5) is 4.17. The molecule has 0 aliphatic carbocycles. The molecule has 1 fully saturated rings. The molecule has 1 aliphatic heterocycles. The summed E-state index contributed by atoms with van der Waals surface area (Å²) in [6.45, 7) is 4.25. The molecule has 0 radical (unpaired) electrons. The van der Waals surface area contributed by atoms with Crippen LogP contribution >= 0.6 is 0 Å². The summed E-state index contributed by atoms with van der Waals surface area (Å²) in [6, 6.07) is 13.7. The zero-order valence-corrected chi connectivity index (χ0v) is 12.3. The highest BCUT2D eigenvalue weighted by Gasteiger charge is 2.14. The summed E-state index contributed by atoms with van der Waals surface area (Å²) in [6.07, 6.45) is 4.88. The van der Waals surface area contributed by atoms with Crippen molar-refractivity contribution in [2.24, 2.45) is 0 Å². The van der Waals surface area contributed by atoms with Gasteiger partial charge in [-0.05, 0) is 36.1 Å². The molecule has 1 aliphatic rings. The Morgan fingerprint density at radius 1 is 1.24 bits per heavy atom. The van der Waals surface area contributed by atoms with Gasteiger partial charge in [0, 0.05) is 37.6 Å². The van der Waals surface area contributed by atoms with Crippen molar-refractivity contribution in [3.63, 3.8) is 0 Å². The van der Waals surface area contributed by atoms with Gasteiger partial charge in [-0.2, -0.15) is 0 Å². The maximum atomic E-state index is 4.17. The first-order chi connectivity index (χ1) is 10.3. The highest BCUT2D eigenvalue weighted by atomic mass is 15.4. The molecule has 110 valence electrons. The third-order valence-corrected chi connectivity index (χ3v) is 4.00. The molecular weight excluding hydrogens is 260 g/mol. The number of hydrazine groups is 1. The smallest absolute Gasteiger partial charge is 0.0350 e. The van der Waals surface area contributed by atoms with Gasteiger partial charge in [-0.3, -0.25) is 15.8 Å². The van der Waals surface area contributed by atoms with Gasteiger partial charge in [-0.1, -0.05) is 30.3 Å². The molecule has 2 unspecified atom stereocenters. The number of hydrogen-bond donors (Lipinski definition) is 3. The van der Waals surface area contributed by atoms with Crippen LogP contribution in [-0.4, -0.2) is 24.1 Å². The summed E-state index contributed by atoms with van der Waals surface area (Å²) < 4.78 is 0. The minimum atomic E-state index is 0.357. The van der Waals surface area contributed by atoms with Crippen molar-refractivity contribution in [2.45, 2.75) is 25.4 Å². The van der Waals surface area contributed by atoms with E-state index in [-0.39, 0.29) is 0 Å². The third-order valence-electron chi connectivity index (χ3n) is 4.00. The first-order valence-corrected chi connectivity index (χ1v) is 7.55. The number of rotatable bonds is 5. The quantitative estimate of drug-likeness (QED) is 0.787. The SMILES string of the molecule is CC(NCC1CCNN1)c1ccc(-c2cccnc2)cc1. The number of hydrogen-bond acceptors (Lipinski definition) is 4. The van der Waals surface area contributed by atoms with E-state index in [1.165, 1.54) is 17.5 Å². The Morgan fingerprint density at radius 3 is 2.76 bits per heavy atom. The predicted octanol–water partition coefficient (Wildman–Crippen LogP) is 2.27. The maximum Gasteiger partial charge on any atom is 0.0350 e. The lowest BCUT2D eigenvalue weighted by Crippen LogP contribution is -2.38. The lowest BCUT2D eigenvalue weighted by molar-refractivity contribution is 0.472. The van der Waals surface area contributed by atoms with Crippen LogP contribution in [0.3, 0.4) is 0 Å². The number of pyridine rings is 1. The first-order valence-electron chi connectivity index (χ1n) is 7.55. The van der Waals surface area contributed by atoms with E-state index in [4.69, 9.17) is 0 Å². The summed E-state index contributed by atoms with van der Waals surface area (Å²) in [7, 11) is 0. The van der Waals surface area contributed by atoms with E-state index in [2.05, 4.69) is 58.4 Å². The second kappa shape index (κ2) is 6.80. The molecule has 3 N–H and O–H groups in total. The van der Waals surface area contributed by atoms with Gasteiger partial charge in [0.1, 0.15) is 0 Å². The van der Waals surface area contributed by atoms with E-state index < -0.39 is 0 Å². The minimum absolute atomic E-state index is 0.357. The highest BCUT2D eigenvalue weighted by Crippen LogP contribution is 2.21. The van der Waals surface area contributed by atoms with Gasteiger partial charge in [-0.25, -0.2) is 0 Å². The van der Waals surface area contributed by atoms with E-state index in [1.54, 1.807) is 6.20 Å². The molecule has 2 heterocycles. The summed E-state index contributed by atoms with van der Waals surface area (Å²) in [5, 5.41) is 3.59. The van der Waals surface area contributed by atoms with Crippen molar-refractivity contribution in [2.75, 3.05) is 13.1 Å². The lowest BCUT2D eigenvalue weighted by atomic mass is 10.0. The monoisotopic (exact) mass is 282 g/mol. The van der Waals surface area contributed by atoms with Gasteiger partial charge >= 0.3 is 0 Å². The maximum absolute atomic E-state index is 4.17. The van der Waals surface area contributed by atoms with E-state index >= 15 is 0 Å². The molecule has 2 aromatic rings. The molecule has 0 spiro atoms. The number of nitrogens with zero attached hydrogens (tertiary/aromatic N) is 1. The normalized spacial score (nSPS) is 19.6. The topological polar surface area (TPSA) is 49.0 Å². The molecule has 4 nitrogen and oxygen atoms in total. The molecule has 4 heteroatoms. The van der Waals surface area contributed by atoms with Crippen LogP contribution < -0.4 is 16.2 Å². The molecule has 2 atom stereocenters. The Kier molecular flexibility index (Phi) is 4.60. The zero-order valence-electron chi connectivity index (χ0n) is 12.3. The highest BCUT2D eigenvalue weighted by molar-refractivity contribution is 5.62. The largest absolute Gasteiger partial charge is 0.309 e.